The van der Waals surface area contributed by atoms with Gasteiger partial charge in [0.1, 0.15) is 5.75 Å². The highest BCUT2D eigenvalue weighted by Gasteiger charge is 2.37. The van der Waals surface area contributed by atoms with E-state index in [1.165, 1.54) is 33.5 Å². The number of benzene rings is 2. The summed E-state index contributed by atoms with van der Waals surface area (Å²) in [5.74, 6) is -0.212. The number of nitrogens with zero attached hydrogens (tertiary/aromatic N) is 2. The second-order valence-electron chi connectivity index (χ2n) is 6.64. The van der Waals surface area contributed by atoms with Crippen molar-refractivity contribution in [2.75, 3.05) is 32.8 Å². The normalized spacial score (nSPS) is 15.8. The molecule has 1 aliphatic heterocycles. The maximum atomic E-state index is 13.2. The second-order valence-corrected chi connectivity index (χ2v) is 8.58. The molecule has 30 heavy (non-hydrogen) atoms. The first-order chi connectivity index (χ1) is 14.1. The number of rotatable bonds is 5. The molecule has 1 aliphatic rings. The molecule has 0 saturated carbocycles. The number of ether oxygens (including phenoxy) is 1. The summed E-state index contributed by atoms with van der Waals surface area (Å²) >= 11 is 0. The van der Waals surface area contributed by atoms with Crippen LogP contribution in [0.3, 0.4) is 0 Å². The first-order valence-corrected chi connectivity index (χ1v) is 10.8. The van der Waals surface area contributed by atoms with Crippen molar-refractivity contribution in [1.29, 1.82) is 0 Å². The van der Waals surface area contributed by atoms with E-state index in [1.54, 1.807) is 12.1 Å². The van der Waals surface area contributed by atoms with Crippen LogP contribution in [0.1, 0.15) is 22.8 Å². The summed E-state index contributed by atoms with van der Waals surface area (Å²) in [6, 6.07) is 10.6. The Morgan fingerprint density at radius 3 is 2.17 bits per heavy atom. The average molecular weight is 442 g/mol. The number of hydrogen-bond donors (Lipinski definition) is 0. The summed E-state index contributed by atoms with van der Waals surface area (Å²) < 4.78 is 71.7. The fourth-order valence-corrected chi connectivity index (χ4v) is 4.66. The quantitative estimate of drug-likeness (QED) is 0.713. The highest BCUT2D eigenvalue weighted by atomic mass is 32.2. The Labute approximate surface area is 172 Å². The van der Waals surface area contributed by atoms with Crippen molar-refractivity contribution in [3.05, 3.63) is 59.7 Å². The van der Waals surface area contributed by atoms with E-state index < -0.39 is 33.2 Å². The summed E-state index contributed by atoms with van der Waals surface area (Å²) in [4.78, 5) is 14.0. The van der Waals surface area contributed by atoms with Gasteiger partial charge in [-0.15, -0.1) is 0 Å². The van der Waals surface area contributed by atoms with E-state index in [-0.39, 0.29) is 31.1 Å². The van der Waals surface area contributed by atoms with E-state index >= 15 is 0 Å². The molecule has 2 aromatic rings. The van der Waals surface area contributed by atoms with Crippen molar-refractivity contribution < 1.29 is 31.1 Å². The maximum absolute atomic E-state index is 13.2. The minimum atomic E-state index is -4.65. The smallest absolute Gasteiger partial charge is 0.417 e. The average Bonchev–Trinajstić information content (AvgIpc) is 2.73. The van der Waals surface area contributed by atoms with Gasteiger partial charge in [-0.1, -0.05) is 12.1 Å². The molecule has 0 atom stereocenters. The number of hydrogen-bond acceptors (Lipinski definition) is 4. The van der Waals surface area contributed by atoms with E-state index in [2.05, 4.69) is 0 Å². The van der Waals surface area contributed by atoms with Gasteiger partial charge in [0.2, 0.25) is 10.0 Å². The van der Waals surface area contributed by atoms with Gasteiger partial charge in [0, 0.05) is 26.2 Å². The molecule has 6 nitrogen and oxygen atoms in total. The molecule has 0 spiro atoms. The lowest BCUT2D eigenvalue weighted by Crippen LogP contribution is -2.50. The van der Waals surface area contributed by atoms with Crippen molar-refractivity contribution in [3.8, 4) is 5.75 Å². The summed E-state index contributed by atoms with van der Waals surface area (Å²) in [7, 11) is -3.78. The van der Waals surface area contributed by atoms with Gasteiger partial charge in [-0.25, -0.2) is 8.42 Å². The molecule has 0 bridgehead atoms. The first-order valence-electron chi connectivity index (χ1n) is 9.33. The van der Waals surface area contributed by atoms with Crippen LogP contribution in [-0.4, -0.2) is 56.3 Å². The zero-order valence-electron chi connectivity index (χ0n) is 16.2. The molecule has 0 unspecified atom stereocenters. The van der Waals surface area contributed by atoms with Crippen molar-refractivity contribution in [1.82, 2.24) is 9.21 Å². The van der Waals surface area contributed by atoms with E-state index in [9.17, 15) is 26.4 Å². The van der Waals surface area contributed by atoms with Gasteiger partial charge in [0.15, 0.2) is 0 Å². The molecule has 162 valence electrons. The minimum absolute atomic E-state index is 0.00127. The van der Waals surface area contributed by atoms with Gasteiger partial charge in [0.25, 0.3) is 5.91 Å². The van der Waals surface area contributed by atoms with Crippen LogP contribution < -0.4 is 4.74 Å². The zero-order valence-corrected chi connectivity index (χ0v) is 17.0. The van der Waals surface area contributed by atoms with E-state index in [0.717, 1.165) is 12.1 Å². The molecule has 3 rings (SSSR count). The van der Waals surface area contributed by atoms with Crippen LogP contribution in [0.25, 0.3) is 0 Å². The SMILES string of the molecule is CCOc1ccc(S(=O)(=O)N2CCN(C(=O)c3ccccc3C(F)(F)F)CC2)cc1. The Bertz CT molecular complexity index is 999. The summed E-state index contributed by atoms with van der Waals surface area (Å²) in [6.07, 6.45) is -4.65. The number of carbonyl (C=O) groups excluding carboxylic acids is 1. The second kappa shape index (κ2) is 8.65. The molecule has 0 aliphatic carbocycles. The summed E-state index contributed by atoms with van der Waals surface area (Å²) in [5.41, 5.74) is -1.44. The molecular weight excluding hydrogens is 421 g/mol. The minimum Gasteiger partial charge on any atom is -0.494 e. The number of piperazine rings is 1. The van der Waals surface area contributed by atoms with Gasteiger partial charge < -0.3 is 9.64 Å². The fourth-order valence-electron chi connectivity index (χ4n) is 3.24. The van der Waals surface area contributed by atoms with E-state index in [0.29, 0.717) is 12.4 Å². The van der Waals surface area contributed by atoms with Gasteiger partial charge in [0.05, 0.1) is 22.6 Å². The van der Waals surface area contributed by atoms with E-state index in [1.807, 2.05) is 6.92 Å². The monoisotopic (exact) mass is 442 g/mol. The predicted octanol–water partition coefficient (Wildman–Crippen LogP) is 3.25. The lowest BCUT2D eigenvalue weighted by molar-refractivity contribution is -0.138. The molecular formula is C20H21F3N2O4S. The largest absolute Gasteiger partial charge is 0.494 e. The van der Waals surface area contributed by atoms with Crippen LogP contribution in [0.2, 0.25) is 0 Å². The number of carbonyl (C=O) groups is 1. The third kappa shape index (κ3) is 4.59. The van der Waals surface area contributed by atoms with Gasteiger partial charge in [-0.2, -0.15) is 17.5 Å². The van der Waals surface area contributed by atoms with Crippen molar-refractivity contribution in [2.45, 2.75) is 18.0 Å². The van der Waals surface area contributed by atoms with Crippen molar-refractivity contribution in [3.63, 3.8) is 0 Å². The van der Waals surface area contributed by atoms with Gasteiger partial charge in [-0.05, 0) is 43.3 Å². The third-order valence-electron chi connectivity index (χ3n) is 4.76. The lowest BCUT2D eigenvalue weighted by Gasteiger charge is -2.34. The Morgan fingerprint density at radius 1 is 1.00 bits per heavy atom. The van der Waals surface area contributed by atoms with Crippen LogP contribution in [0.4, 0.5) is 13.2 Å². The lowest BCUT2D eigenvalue weighted by atomic mass is 10.1. The summed E-state index contributed by atoms with van der Waals surface area (Å²) in [5, 5.41) is 0. The number of halogens is 3. The maximum Gasteiger partial charge on any atom is 0.417 e. The summed E-state index contributed by atoms with van der Waals surface area (Å²) in [6.45, 7) is 2.27. The highest BCUT2D eigenvalue weighted by Crippen LogP contribution is 2.32. The Balaban J connectivity index is 1.71. The van der Waals surface area contributed by atoms with E-state index in [4.69, 9.17) is 4.74 Å². The highest BCUT2D eigenvalue weighted by molar-refractivity contribution is 7.89. The zero-order chi connectivity index (χ0) is 21.9. The van der Waals surface area contributed by atoms with Crippen molar-refractivity contribution in [2.24, 2.45) is 0 Å². The number of amides is 1. The first kappa shape index (κ1) is 22.1. The third-order valence-corrected chi connectivity index (χ3v) is 6.67. The van der Waals surface area contributed by atoms with Crippen LogP contribution in [0, 0.1) is 0 Å². The molecule has 0 aromatic heterocycles. The molecule has 10 heteroatoms. The molecule has 0 N–H and O–H groups in total. The molecule has 0 radical (unpaired) electrons. The topological polar surface area (TPSA) is 66.9 Å². The standard InChI is InChI=1S/C20H21F3N2O4S/c1-2-29-15-7-9-16(10-8-15)30(27,28)25-13-11-24(12-14-25)19(26)17-5-3-4-6-18(17)20(21,22)23/h3-10H,2,11-14H2,1H3. The van der Waals surface area contributed by atoms with Crippen LogP contribution in [-0.2, 0) is 16.2 Å². The molecule has 1 saturated heterocycles. The Hall–Kier alpha value is -2.59. The van der Waals surface area contributed by atoms with Crippen LogP contribution in [0.5, 0.6) is 5.75 Å². The van der Waals surface area contributed by atoms with Gasteiger partial charge in [-0.3, -0.25) is 4.79 Å². The van der Waals surface area contributed by atoms with Crippen LogP contribution in [0.15, 0.2) is 53.4 Å². The van der Waals surface area contributed by atoms with Gasteiger partial charge >= 0.3 is 6.18 Å². The molecule has 2 aromatic carbocycles. The fraction of sp³-hybridized carbons (Fsp3) is 0.350. The molecule has 1 fully saturated rings. The van der Waals surface area contributed by atoms with Crippen LogP contribution >= 0.6 is 0 Å². The predicted molar refractivity (Wildman–Crippen MR) is 104 cm³/mol. The Kier molecular flexibility index (Phi) is 6.37. The Morgan fingerprint density at radius 2 is 1.60 bits per heavy atom. The molecule has 1 amide bonds. The number of alkyl halides is 3. The van der Waals surface area contributed by atoms with Crippen molar-refractivity contribution >= 4 is 15.9 Å². The molecule has 1 heterocycles. The number of sulfonamides is 1.